The van der Waals surface area contributed by atoms with Crippen LogP contribution in [0.15, 0.2) is 28.7 Å². The predicted molar refractivity (Wildman–Crippen MR) is 67.9 cm³/mol. The Morgan fingerprint density at radius 3 is 2.78 bits per heavy atom. The Bertz CT molecular complexity index is 518. The number of urea groups is 1. The fraction of sp³-hybridized carbons (Fsp3) is 0.182. The van der Waals surface area contributed by atoms with Gasteiger partial charge in [0.15, 0.2) is 0 Å². The number of nitrogens with one attached hydrogen (secondary N) is 3. The van der Waals surface area contributed by atoms with Gasteiger partial charge in [0.05, 0.1) is 6.42 Å². The van der Waals surface area contributed by atoms with E-state index in [0.29, 0.717) is 5.69 Å². The van der Waals surface area contributed by atoms with Crippen LogP contribution < -0.4 is 16.0 Å². The van der Waals surface area contributed by atoms with E-state index in [4.69, 9.17) is 0 Å². The molecule has 6 nitrogen and oxygen atoms in total. The Kier molecular flexibility index (Phi) is 3.61. The highest BCUT2D eigenvalue weighted by molar-refractivity contribution is 9.10. The molecule has 0 aromatic heterocycles. The number of hydrogen-bond donors (Lipinski definition) is 3. The second-order valence-corrected chi connectivity index (χ2v) is 4.69. The van der Waals surface area contributed by atoms with E-state index in [2.05, 4.69) is 31.9 Å². The molecule has 94 valence electrons. The van der Waals surface area contributed by atoms with Crippen LogP contribution in [0.5, 0.6) is 0 Å². The highest BCUT2D eigenvalue weighted by Crippen LogP contribution is 2.16. The van der Waals surface area contributed by atoms with Gasteiger partial charge in [0.25, 0.3) is 5.91 Å². The lowest BCUT2D eigenvalue weighted by Crippen LogP contribution is -2.33. The summed E-state index contributed by atoms with van der Waals surface area (Å²) >= 11 is 3.29. The van der Waals surface area contributed by atoms with Gasteiger partial charge >= 0.3 is 6.03 Å². The quantitative estimate of drug-likeness (QED) is 0.727. The minimum Gasteiger partial charge on any atom is -0.326 e. The molecule has 1 saturated heterocycles. The van der Waals surface area contributed by atoms with Gasteiger partial charge in [0.2, 0.25) is 5.91 Å². The van der Waals surface area contributed by atoms with Crippen molar-refractivity contribution in [3.63, 3.8) is 0 Å². The van der Waals surface area contributed by atoms with Crippen LogP contribution in [0.25, 0.3) is 0 Å². The van der Waals surface area contributed by atoms with Crippen LogP contribution in [0.1, 0.15) is 6.42 Å². The van der Waals surface area contributed by atoms with Gasteiger partial charge in [0.1, 0.15) is 6.04 Å². The summed E-state index contributed by atoms with van der Waals surface area (Å²) in [5, 5.41) is 7.08. The summed E-state index contributed by atoms with van der Waals surface area (Å²) in [4.78, 5) is 33.8. The Morgan fingerprint density at radius 2 is 2.17 bits per heavy atom. The molecule has 1 fully saturated rings. The van der Waals surface area contributed by atoms with Crippen molar-refractivity contribution in [1.29, 1.82) is 0 Å². The molecule has 1 aliphatic rings. The molecule has 0 saturated carbocycles. The number of hydrogen-bond acceptors (Lipinski definition) is 3. The standard InChI is InChI=1S/C11H10BrN3O3/c12-6-2-1-3-7(4-6)13-9(16)5-8-10(17)15-11(18)14-8/h1-4,8H,5H2,(H,13,16)(H2,14,15,17,18). The molecule has 1 heterocycles. The van der Waals surface area contributed by atoms with Crippen molar-refractivity contribution in [3.8, 4) is 0 Å². The number of carbonyl (C=O) groups is 3. The number of anilines is 1. The van der Waals surface area contributed by atoms with E-state index in [1.165, 1.54) is 0 Å². The molecule has 1 aliphatic heterocycles. The molecule has 0 aliphatic carbocycles. The van der Waals surface area contributed by atoms with Crippen molar-refractivity contribution < 1.29 is 14.4 Å². The molecule has 7 heteroatoms. The van der Waals surface area contributed by atoms with Crippen molar-refractivity contribution in [3.05, 3.63) is 28.7 Å². The summed E-state index contributed by atoms with van der Waals surface area (Å²) < 4.78 is 0.840. The number of carbonyl (C=O) groups excluding carboxylic acids is 3. The van der Waals surface area contributed by atoms with Crippen LogP contribution in [-0.2, 0) is 9.59 Å². The summed E-state index contributed by atoms with van der Waals surface area (Å²) in [5.41, 5.74) is 0.624. The second-order valence-electron chi connectivity index (χ2n) is 3.78. The topological polar surface area (TPSA) is 87.3 Å². The largest absolute Gasteiger partial charge is 0.326 e. The molecule has 0 spiro atoms. The summed E-state index contributed by atoms with van der Waals surface area (Å²) in [6, 6.07) is 5.72. The Labute approximate surface area is 111 Å². The zero-order valence-electron chi connectivity index (χ0n) is 9.20. The summed E-state index contributed by atoms with van der Waals surface area (Å²) in [6.07, 6.45) is -0.0932. The minimum atomic E-state index is -0.801. The van der Waals surface area contributed by atoms with E-state index in [0.717, 1.165) is 4.47 Å². The zero-order valence-corrected chi connectivity index (χ0v) is 10.8. The highest BCUT2D eigenvalue weighted by atomic mass is 79.9. The second kappa shape index (κ2) is 5.18. The molecule has 4 amide bonds. The smallest absolute Gasteiger partial charge is 0.322 e. The average Bonchev–Trinajstić information content (AvgIpc) is 2.57. The molecule has 1 atom stereocenters. The molecule has 2 rings (SSSR count). The number of rotatable bonds is 3. The third kappa shape index (κ3) is 3.07. The normalized spacial score (nSPS) is 18.2. The third-order valence-corrected chi connectivity index (χ3v) is 2.85. The van der Waals surface area contributed by atoms with Gasteiger partial charge in [-0.3, -0.25) is 14.9 Å². The third-order valence-electron chi connectivity index (χ3n) is 2.36. The van der Waals surface area contributed by atoms with E-state index < -0.39 is 18.0 Å². The Balaban J connectivity index is 1.93. The van der Waals surface area contributed by atoms with E-state index >= 15 is 0 Å². The summed E-state index contributed by atoms with van der Waals surface area (Å²) in [7, 11) is 0. The van der Waals surface area contributed by atoms with Gasteiger partial charge in [-0.2, -0.15) is 0 Å². The first kappa shape index (κ1) is 12.6. The monoisotopic (exact) mass is 311 g/mol. The molecule has 0 radical (unpaired) electrons. The van der Waals surface area contributed by atoms with Gasteiger partial charge in [0, 0.05) is 10.2 Å². The maximum absolute atomic E-state index is 11.7. The fourth-order valence-electron chi connectivity index (χ4n) is 1.57. The molecular formula is C11H10BrN3O3. The van der Waals surface area contributed by atoms with Gasteiger partial charge in [-0.05, 0) is 18.2 Å². The molecule has 0 bridgehead atoms. The SMILES string of the molecule is O=C(CC1NC(=O)NC1=O)Nc1cccc(Br)c1. The molecule has 1 unspecified atom stereocenters. The van der Waals surface area contributed by atoms with Crippen molar-refractivity contribution in [2.24, 2.45) is 0 Å². The van der Waals surface area contributed by atoms with Gasteiger partial charge in [-0.15, -0.1) is 0 Å². The maximum atomic E-state index is 11.7. The van der Waals surface area contributed by atoms with Crippen LogP contribution in [0, 0.1) is 0 Å². The van der Waals surface area contributed by atoms with E-state index in [1.54, 1.807) is 18.2 Å². The van der Waals surface area contributed by atoms with Gasteiger partial charge < -0.3 is 10.6 Å². The lowest BCUT2D eigenvalue weighted by molar-refractivity contribution is -0.124. The van der Waals surface area contributed by atoms with E-state index in [-0.39, 0.29) is 12.3 Å². The van der Waals surface area contributed by atoms with Crippen molar-refractivity contribution in [2.45, 2.75) is 12.5 Å². The lowest BCUT2D eigenvalue weighted by atomic mass is 10.2. The van der Waals surface area contributed by atoms with Crippen molar-refractivity contribution >= 4 is 39.5 Å². The number of halogens is 1. The Morgan fingerprint density at radius 1 is 1.39 bits per heavy atom. The predicted octanol–water partition coefficient (Wildman–Crippen LogP) is 0.986. The summed E-state index contributed by atoms with van der Waals surface area (Å²) in [5.74, 6) is -0.820. The molecule has 1 aromatic carbocycles. The number of benzene rings is 1. The maximum Gasteiger partial charge on any atom is 0.322 e. The first-order valence-electron chi connectivity index (χ1n) is 5.21. The molecular weight excluding hydrogens is 302 g/mol. The van der Waals surface area contributed by atoms with Crippen LogP contribution >= 0.6 is 15.9 Å². The van der Waals surface area contributed by atoms with Crippen LogP contribution in [0.3, 0.4) is 0 Å². The number of amides is 4. The average molecular weight is 312 g/mol. The highest BCUT2D eigenvalue weighted by Gasteiger charge is 2.31. The molecule has 18 heavy (non-hydrogen) atoms. The zero-order chi connectivity index (χ0) is 13.1. The van der Waals surface area contributed by atoms with Crippen molar-refractivity contribution in [1.82, 2.24) is 10.6 Å². The molecule has 1 aromatic rings. The first-order valence-corrected chi connectivity index (χ1v) is 6.00. The van der Waals surface area contributed by atoms with Gasteiger partial charge in [-0.25, -0.2) is 4.79 Å². The first-order chi connectivity index (χ1) is 8.54. The minimum absolute atomic E-state index is 0.0932. The van der Waals surface area contributed by atoms with E-state index in [1.807, 2.05) is 6.07 Å². The lowest BCUT2D eigenvalue weighted by Gasteiger charge is -2.08. The Hall–Kier alpha value is -1.89. The fourth-order valence-corrected chi connectivity index (χ4v) is 1.97. The van der Waals surface area contributed by atoms with E-state index in [9.17, 15) is 14.4 Å². The van der Waals surface area contributed by atoms with Crippen LogP contribution in [-0.4, -0.2) is 23.9 Å². The molecule has 3 N–H and O–H groups in total. The van der Waals surface area contributed by atoms with Gasteiger partial charge in [-0.1, -0.05) is 22.0 Å². The number of imide groups is 1. The summed E-state index contributed by atoms with van der Waals surface area (Å²) in [6.45, 7) is 0. The van der Waals surface area contributed by atoms with Crippen molar-refractivity contribution in [2.75, 3.05) is 5.32 Å². The van der Waals surface area contributed by atoms with Crippen LogP contribution in [0.2, 0.25) is 0 Å². The van der Waals surface area contributed by atoms with Crippen LogP contribution in [0.4, 0.5) is 10.5 Å².